The van der Waals surface area contributed by atoms with Crippen molar-refractivity contribution in [3.8, 4) is 0 Å². The molecule has 1 aliphatic heterocycles. The van der Waals surface area contributed by atoms with Crippen molar-refractivity contribution >= 4 is 11.7 Å². The average molecular weight is 327 g/mol. The molecule has 3 rings (SSSR count). The Labute approximate surface area is 143 Å². The van der Waals surface area contributed by atoms with Crippen molar-refractivity contribution < 1.29 is 9.32 Å². The van der Waals surface area contributed by atoms with Crippen molar-refractivity contribution in [3.05, 3.63) is 46.8 Å². The number of carbonyl (C=O) groups is 1. The average Bonchev–Trinajstić information content (AvgIpc) is 3.20. The molecule has 2 amide bonds. The fourth-order valence-electron chi connectivity index (χ4n) is 3.24. The van der Waals surface area contributed by atoms with E-state index >= 15 is 0 Å². The van der Waals surface area contributed by atoms with Gasteiger partial charge in [-0.3, -0.25) is 0 Å². The first kappa shape index (κ1) is 16.6. The van der Waals surface area contributed by atoms with Crippen LogP contribution in [0.4, 0.5) is 10.5 Å². The van der Waals surface area contributed by atoms with Crippen LogP contribution in [0.5, 0.6) is 0 Å². The molecule has 0 radical (unpaired) electrons. The maximum Gasteiger partial charge on any atom is 0.322 e. The minimum atomic E-state index is -0.0637. The van der Waals surface area contributed by atoms with Gasteiger partial charge in [-0.25, -0.2) is 4.79 Å². The van der Waals surface area contributed by atoms with E-state index in [-0.39, 0.29) is 12.1 Å². The van der Waals surface area contributed by atoms with E-state index in [1.807, 2.05) is 43.0 Å². The Balaban J connectivity index is 1.74. The number of aromatic nitrogens is 1. The second-order valence-electron chi connectivity index (χ2n) is 6.50. The zero-order chi connectivity index (χ0) is 17.1. The SMILES string of the molecule is CCCc1cc([C@H]2CCCN2C(=O)Nc2cccc(C)c2C)no1. The fraction of sp³-hybridized carbons (Fsp3) is 0.474. The number of aryl methyl sites for hydroxylation is 2. The monoisotopic (exact) mass is 327 g/mol. The molecule has 128 valence electrons. The molecular formula is C19H25N3O2. The number of urea groups is 1. The summed E-state index contributed by atoms with van der Waals surface area (Å²) in [6.07, 6.45) is 3.82. The maximum atomic E-state index is 12.8. The van der Waals surface area contributed by atoms with Crippen LogP contribution < -0.4 is 5.32 Å². The largest absolute Gasteiger partial charge is 0.361 e. The maximum absolute atomic E-state index is 12.8. The Hall–Kier alpha value is -2.30. The number of amides is 2. The Morgan fingerprint density at radius 2 is 2.25 bits per heavy atom. The van der Waals surface area contributed by atoms with Crippen LogP contribution in [0.25, 0.3) is 0 Å². The second kappa shape index (κ2) is 7.07. The van der Waals surface area contributed by atoms with Gasteiger partial charge in [0, 0.05) is 24.7 Å². The van der Waals surface area contributed by atoms with Crippen LogP contribution in [0, 0.1) is 13.8 Å². The molecule has 1 aliphatic rings. The van der Waals surface area contributed by atoms with Crippen LogP contribution in [0.3, 0.4) is 0 Å². The third-order valence-electron chi connectivity index (χ3n) is 4.77. The normalized spacial score (nSPS) is 17.3. The molecule has 0 unspecified atom stereocenters. The van der Waals surface area contributed by atoms with Gasteiger partial charge in [-0.05, 0) is 50.3 Å². The first-order valence-electron chi connectivity index (χ1n) is 8.69. The minimum absolute atomic E-state index is 0.00414. The van der Waals surface area contributed by atoms with Crippen LogP contribution in [0.2, 0.25) is 0 Å². The summed E-state index contributed by atoms with van der Waals surface area (Å²) in [6.45, 7) is 6.94. The molecule has 5 heteroatoms. The molecule has 1 aromatic heterocycles. The van der Waals surface area contributed by atoms with Crippen molar-refractivity contribution in [3.63, 3.8) is 0 Å². The van der Waals surface area contributed by atoms with Crippen LogP contribution in [0.1, 0.15) is 54.8 Å². The van der Waals surface area contributed by atoms with Gasteiger partial charge in [0.15, 0.2) is 0 Å². The van der Waals surface area contributed by atoms with Crippen LogP contribution >= 0.6 is 0 Å². The number of benzene rings is 1. The fourth-order valence-corrected chi connectivity index (χ4v) is 3.24. The molecule has 0 bridgehead atoms. The summed E-state index contributed by atoms with van der Waals surface area (Å²) in [6, 6.07) is 7.90. The van der Waals surface area contributed by atoms with Crippen molar-refractivity contribution in [2.45, 2.75) is 52.5 Å². The van der Waals surface area contributed by atoms with E-state index in [1.54, 1.807) is 0 Å². The van der Waals surface area contributed by atoms with E-state index in [9.17, 15) is 4.79 Å². The highest BCUT2D eigenvalue weighted by molar-refractivity contribution is 5.90. The molecule has 0 saturated carbocycles. The number of hydrogen-bond donors (Lipinski definition) is 1. The van der Waals surface area contributed by atoms with Crippen molar-refractivity contribution in [2.75, 3.05) is 11.9 Å². The number of carbonyl (C=O) groups excluding carboxylic acids is 1. The van der Waals surface area contributed by atoms with Crippen molar-refractivity contribution in [1.82, 2.24) is 10.1 Å². The standard InChI is InChI=1S/C19H25N3O2/c1-4-7-15-12-17(21-24-15)18-10-6-11-22(18)19(23)20-16-9-5-8-13(2)14(16)3/h5,8-9,12,18H,4,6-7,10-11H2,1-3H3,(H,20,23)/t18-/m1/s1. The third kappa shape index (κ3) is 3.30. The van der Waals surface area contributed by atoms with E-state index < -0.39 is 0 Å². The lowest BCUT2D eigenvalue weighted by molar-refractivity contribution is 0.204. The lowest BCUT2D eigenvalue weighted by atomic mass is 10.1. The first-order chi connectivity index (χ1) is 11.6. The first-order valence-corrected chi connectivity index (χ1v) is 8.69. The van der Waals surface area contributed by atoms with Gasteiger partial charge in [0.05, 0.1) is 6.04 Å². The molecule has 2 aromatic rings. The van der Waals surface area contributed by atoms with Gasteiger partial charge in [0.2, 0.25) is 0 Å². The Morgan fingerprint density at radius 3 is 3.04 bits per heavy atom. The van der Waals surface area contributed by atoms with Gasteiger partial charge >= 0.3 is 6.03 Å². The Bertz CT molecular complexity index is 723. The quantitative estimate of drug-likeness (QED) is 0.892. The molecule has 24 heavy (non-hydrogen) atoms. The number of hydrogen-bond acceptors (Lipinski definition) is 3. The summed E-state index contributed by atoms with van der Waals surface area (Å²) in [5.74, 6) is 0.897. The smallest absolute Gasteiger partial charge is 0.322 e. The summed E-state index contributed by atoms with van der Waals surface area (Å²) in [5, 5.41) is 7.24. The highest BCUT2D eigenvalue weighted by Crippen LogP contribution is 2.32. The van der Waals surface area contributed by atoms with Crippen molar-refractivity contribution in [1.29, 1.82) is 0 Å². The number of likely N-dealkylation sites (tertiary alicyclic amines) is 1. The molecule has 1 saturated heterocycles. The van der Waals surface area contributed by atoms with Crippen LogP contribution in [0.15, 0.2) is 28.8 Å². The summed E-state index contributed by atoms with van der Waals surface area (Å²) in [7, 11) is 0. The second-order valence-corrected chi connectivity index (χ2v) is 6.50. The molecule has 2 heterocycles. The predicted octanol–water partition coefficient (Wildman–Crippen LogP) is 4.61. The Morgan fingerprint density at radius 1 is 1.42 bits per heavy atom. The topological polar surface area (TPSA) is 58.4 Å². The van der Waals surface area contributed by atoms with E-state index in [0.29, 0.717) is 0 Å². The van der Waals surface area contributed by atoms with Crippen LogP contribution in [-0.4, -0.2) is 22.6 Å². The van der Waals surface area contributed by atoms with Gasteiger partial charge < -0.3 is 14.7 Å². The molecular weight excluding hydrogens is 302 g/mol. The van der Waals surface area contributed by atoms with Gasteiger partial charge in [0.1, 0.15) is 11.5 Å². The lowest BCUT2D eigenvalue weighted by Crippen LogP contribution is -2.34. The molecule has 0 spiro atoms. The summed E-state index contributed by atoms with van der Waals surface area (Å²) >= 11 is 0. The highest BCUT2D eigenvalue weighted by Gasteiger charge is 2.32. The predicted molar refractivity (Wildman–Crippen MR) is 94.1 cm³/mol. The van der Waals surface area contributed by atoms with Gasteiger partial charge in [-0.15, -0.1) is 0 Å². The number of nitrogens with one attached hydrogen (secondary N) is 1. The zero-order valence-corrected chi connectivity index (χ0v) is 14.6. The van der Waals surface area contributed by atoms with E-state index in [2.05, 4.69) is 17.4 Å². The minimum Gasteiger partial charge on any atom is -0.361 e. The van der Waals surface area contributed by atoms with E-state index in [4.69, 9.17) is 4.52 Å². The molecule has 1 fully saturated rings. The third-order valence-corrected chi connectivity index (χ3v) is 4.77. The molecule has 5 nitrogen and oxygen atoms in total. The molecule has 0 aliphatic carbocycles. The zero-order valence-electron chi connectivity index (χ0n) is 14.6. The van der Waals surface area contributed by atoms with E-state index in [0.717, 1.165) is 54.9 Å². The lowest BCUT2D eigenvalue weighted by Gasteiger charge is -2.24. The van der Waals surface area contributed by atoms with Gasteiger partial charge in [0.25, 0.3) is 0 Å². The van der Waals surface area contributed by atoms with Gasteiger partial charge in [-0.2, -0.15) is 0 Å². The Kier molecular flexibility index (Phi) is 4.88. The highest BCUT2D eigenvalue weighted by atomic mass is 16.5. The summed E-state index contributed by atoms with van der Waals surface area (Å²) in [5.41, 5.74) is 4.02. The molecule has 1 aromatic carbocycles. The number of anilines is 1. The van der Waals surface area contributed by atoms with Crippen molar-refractivity contribution in [2.24, 2.45) is 0 Å². The molecule has 1 N–H and O–H groups in total. The number of nitrogens with zero attached hydrogens (tertiary/aromatic N) is 2. The number of rotatable bonds is 4. The van der Waals surface area contributed by atoms with Crippen LogP contribution in [-0.2, 0) is 6.42 Å². The summed E-state index contributed by atoms with van der Waals surface area (Å²) in [4.78, 5) is 14.6. The van der Waals surface area contributed by atoms with E-state index in [1.165, 1.54) is 5.56 Å². The summed E-state index contributed by atoms with van der Waals surface area (Å²) < 4.78 is 5.39. The molecule has 1 atom stereocenters. The van der Waals surface area contributed by atoms with Gasteiger partial charge in [-0.1, -0.05) is 24.2 Å².